The number of pyridine rings is 1. The fraction of sp³-hybridized carbons (Fsp3) is 0.278. The van der Waals surface area contributed by atoms with Gasteiger partial charge in [-0.25, -0.2) is 4.98 Å². The predicted octanol–water partition coefficient (Wildman–Crippen LogP) is 3.57. The Morgan fingerprint density at radius 3 is 2.74 bits per heavy atom. The van der Waals surface area contributed by atoms with Crippen molar-refractivity contribution in [2.45, 2.75) is 19.8 Å². The van der Waals surface area contributed by atoms with Gasteiger partial charge in [0.2, 0.25) is 0 Å². The maximum Gasteiger partial charge on any atom is 0.272 e. The lowest BCUT2D eigenvalue weighted by Crippen LogP contribution is -2.28. The average Bonchev–Trinajstić information content (AvgIpc) is 2.60. The van der Waals surface area contributed by atoms with Crippen LogP contribution >= 0.6 is 0 Å². The molecule has 0 saturated heterocycles. The third-order valence-electron chi connectivity index (χ3n) is 3.50. The number of nitrogens with one attached hydrogen (secondary N) is 1. The molecule has 0 radical (unpaired) electrons. The highest BCUT2D eigenvalue weighted by Crippen LogP contribution is 2.19. The van der Waals surface area contributed by atoms with Crippen molar-refractivity contribution in [2.24, 2.45) is 0 Å². The lowest BCUT2D eigenvalue weighted by Gasteiger charge is -2.16. The summed E-state index contributed by atoms with van der Waals surface area (Å²) in [5, 5.41) is 12.2. The van der Waals surface area contributed by atoms with Crippen molar-refractivity contribution in [3.8, 4) is 6.07 Å². The predicted molar refractivity (Wildman–Crippen MR) is 90.5 cm³/mol. The van der Waals surface area contributed by atoms with Crippen LogP contribution in [0.1, 0.15) is 35.8 Å². The van der Waals surface area contributed by atoms with Gasteiger partial charge >= 0.3 is 0 Å². The van der Waals surface area contributed by atoms with Gasteiger partial charge in [0.1, 0.15) is 11.8 Å². The van der Waals surface area contributed by atoms with Crippen LogP contribution in [-0.4, -0.2) is 29.4 Å². The second-order valence-electron chi connectivity index (χ2n) is 5.29. The molecule has 5 nitrogen and oxygen atoms in total. The van der Waals surface area contributed by atoms with Gasteiger partial charge in [0.25, 0.3) is 5.91 Å². The zero-order chi connectivity index (χ0) is 16.7. The van der Waals surface area contributed by atoms with Gasteiger partial charge in [0.15, 0.2) is 0 Å². The largest absolute Gasteiger partial charge is 0.353 e. The number of amides is 1. The first-order chi connectivity index (χ1) is 11.2. The molecule has 5 heteroatoms. The summed E-state index contributed by atoms with van der Waals surface area (Å²) in [4.78, 5) is 18.1. The van der Waals surface area contributed by atoms with E-state index >= 15 is 0 Å². The first kappa shape index (κ1) is 16.5. The molecule has 0 aliphatic heterocycles. The van der Waals surface area contributed by atoms with Crippen molar-refractivity contribution in [3.05, 3.63) is 53.9 Å². The quantitative estimate of drug-likeness (QED) is 0.885. The Kier molecular flexibility index (Phi) is 5.70. The number of benzene rings is 1. The van der Waals surface area contributed by atoms with Crippen molar-refractivity contribution in [3.63, 3.8) is 0 Å². The number of hydrogen-bond acceptors (Lipinski definition) is 4. The van der Waals surface area contributed by atoms with E-state index in [9.17, 15) is 4.79 Å². The molecule has 0 atom stereocenters. The normalized spacial score (nSPS) is 9.96. The molecule has 1 aromatic carbocycles. The van der Waals surface area contributed by atoms with Gasteiger partial charge in [-0.05, 0) is 30.7 Å². The minimum Gasteiger partial charge on any atom is -0.353 e. The molecule has 0 bridgehead atoms. The number of carbonyl (C=O) groups excluding carboxylic acids is 1. The van der Waals surface area contributed by atoms with E-state index in [-0.39, 0.29) is 5.91 Å². The van der Waals surface area contributed by atoms with Gasteiger partial charge in [0.05, 0.1) is 23.1 Å². The van der Waals surface area contributed by atoms with E-state index in [0.29, 0.717) is 11.3 Å². The zero-order valence-corrected chi connectivity index (χ0v) is 13.4. The Bertz CT molecular complexity index is 704. The second kappa shape index (κ2) is 7.95. The lowest BCUT2D eigenvalue weighted by atomic mass is 10.2. The van der Waals surface area contributed by atoms with E-state index in [2.05, 4.69) is 23.3 Å². The van der Waals surface area contributed by atoms with Gasteiger partial charge in [-0.3, -0.25) is 4.79 Å². The summed E-state index contributed by atoms with van der Waals surface area (Å²) in [6.45, 7) is 2.82. The number of para-hydroxylation sites is 1. The van der Waals surface area contributed by atoms with Gasteiger partial charge in [-0.15, -0.1) is 0 Å². The third-order valence-corrected chi connectivity index (χ3v) is 3.50. The Balaban J connectivity index is 2.08. The standard InChI is InChI=1S/C18H20N4O/c1-3-4-11-22(2)18(23)17-10-9-15(13-20-17)21-16-8-6-5-7-14(16)12-19/h5-10,13,21H,3-4,11H2,1-2H3. The number of aromatic nitrogens is 1. The molecule has 1 N–H and O–H groups in total. The van der Waals surface area contributed by atoms with E-state index in [0.717, 1.165) is 30.8 Å². The number of nitrogens with zero attached hydrogens (tertiary/aromatic N) is 3. The third kappa shape index (κ3) is 4.30. The van der Waals surface area contributed by atoms with Crippen molar-refractivity contribution < 1.29 is 4.79 Å². The molecule has 1 aromatic heterocycles. The van der Waals surface area contributed by atoms with Crippen LogP contribution in [0.25, 0.3) is 0 Å². The van der Waals surface area contributed by atoms with Crippen LogP contribution in [0, 0.1) is 11.3 Å². The first-order valence-corrected chi connectivity index (χ1v) is 7.63. The number of nitriles is 1. The van der Waals surface area contributed by atoms with E-state index < -0.39 is 0 Å². The molecule has 0 spiro atoms. The van der Waals surface area contributed by atoms with Gasteiger partial charge < -0.3 is 10.2 Å². The minimum absolute atomic E-state index is 0.0811. The summed E-state index contributed by atoms with van der Waals surface area (Å²) in [5.74, 6) is -0.0811. The fourth-order valence-electron chi connectivity index (χ4n) is 2.13. The molecule has 118 valence electrons. The highest BCUT2D eigenvalue weighted by Gasteiger charge is 2.12. The average molecular weight is 308 g/mol. The molecule has 0 aliphatic carbocycles. The van der Waals surface area contributed by atoms with E-state index in [1.807, 2.05) is 18.2 Å². The first-order valence-electron chi connectivity index (χ1n) is 7.63. The van der Waals surface area contributed by atoms with Crippen LogP contribution in [0.15, 0.2) is 42.6 Å². The Hall–Kier alpha value is -2.87. The Morgan fingerprint density at radius 2 is 2.09 bits per heavy atom. The molecule has 0 saturated carbocycles. The molecule has 2 aromatic rings. The number of hydrogen-bond donors (Lipinski definition) is 1. The molecule has 0 aliphatic rings. The summed E-state index contributed by atoms with van der Waals surface area (Å²) < 4.78 is 0. The summed E-state index contributed by atoms with van der Waals surface area (Å²) in [5.41, 5.74) is 2.44. The molecule has 1 heterocycles. The van der Waals surface area contributed by atoms with E-state index in [4.69, 9.17) is 5.26 Å². The van der Waals surface area contributed by atoms with Crippen LogP contribution in [-0.2, 0) is 0 Å². The highest BCUT2D eigenvalue weighted by atomic mass is 16.2. The lowest BCUT2D eigenvalue weighted by molar-refractivity contribution is 0.0787. The van der Waals surface area contributed by atoms with Gasteiger partial charge in [0, 0.05) is 13.6 Å². The summed E-state index contributed by atoms with van der Waals surface area (Å²) in [6, 6.07) is 12.9. The molecular weight excluding hydrogens is 288 g/mol. The smallest absolute Gasteiger partial charge is 0.272 e. The van der Waals surface area contributed by atoms with Crippen LogP contribution in [0.4, 0.5) is 11.4 Å². The number of carbonyl (C=O) groups is 1. The molecule has 23 heavy (non-hydrogen) atoms. The van der Waals surface area contributed by atoms with Crippen LogP contribution in [0.3, 0.4) is 0 Å². The van der Waals surface area contributed by atoms with Crippen molar-refractivity contribution >= 4 is 17.3 Å². The monoisotopic (exact) mass is 308 g/mol. The maximum absolute atomic E-state index is 12.2. The van der Waals surface area contributed by atoms with Gasteiger partial charge in [-0.1, -0.05) is 25.5 Å². The topological polar surface area (TPSA) is 69.0 Å². The highest BCUT2D eigenvalue weighted by molar-refractivity contribution is 5.92. The van der Waals surface area contributed by atoms with Crippen LogP contribution in [0.5, 0.6) is 0 Å². The summed E-state index contributed by atoms with van der Waals surface area (Å²) >= 11 is 0. The summed E-state index contributed by atoms with van der Waals surface area (Å²) in [6.07, 6.45) is 3.63. The zero-order valence-electron chi connectivity index (χ0n) is 13.4. The minimum atomic E-state index is -0.0811. The van der Waals surface area contributed by atoms with Crippen molar-refractivity contribution in [2.75, 3.05) is 18.9 Å². The van der Waals surface area contributed by atoms with Crippen molar-refractivity contribution in [1.29, 1.82) is 5.26 Å². The summed E-state index contributed by atoms with van der Waals surface area (Å²) in [7, 11) is 1.79. The number of unbranched alkanes of at least 4 members (excludes halogenated alkanes) is 1. The molecular formula is C18H20N4O. The molecule has 0 unspecified atom stereocenters. The van der Waals surface area contributed by atoms with E-state index in [1.165, 1.54) is 0 Å². The molecule has 1 amide bonds. The maximum atomic E-state index is 12.2. The van der Waals surface area contributed by atoms with Gasteiger partial charge in [-0.2, -0.15) is 5.26 Å². The van der Waals surface area contributed by atoms with Crippen LogP contribution < -0.4 is 5.32 Å². The van der Waals surface area contributed by atoms with Crippen molar-refractivity contribution in [1.82, 2.24) is 9.88 Å². The van der Waals surface area contributed by atoms with E-state index in [1.54, 1.807) is 36.3 Å². The Labute approximate surface area is 136 Å². The van der Waals surface area contributed by atoms with Crippen LogP contribution in [0.2, 0.25) is 0 Å². The fourth-order valence-corrected chi connectivity index (χ4v) is 2.13. The number of rotatable bonds is 6. The molecule has 2 rings (SSSR count). The number of anilines is 2. The Morgan fingerprint density at radius 1 is 1.30 bits per heavy atom. The molecule has 0 fully saturated rings. The SMILES string of the molecule is CCCCN(C)C(=O)c1ccc(Nc2ccccc2C#N)cn1. The second-order valence-corrected chi connectivity index (χ2v) is 5.29.